The van der Waals surface area contributed by atoms with Gasteiger partial charge in [-0.2, -0.15) is 0 Å². The molecule has 1 atom stereocenters. The number of rotatable bonds is 4. The van der Waals surface area contributed by atoms with Crippen LogP contribution in [0.2, 0.25) is 0 Å². The Kier molecular flexibility index (Phi) is 4.63. The average Bonchev–Trinajstić information content (AvgIpc) is 2.31. The molecule has 0 aromatic heterocycles. The first-order chi connectivity index (χ1) is 7.21. The molecule has 1 fully saturated rings. The molecule has 0 aromatic rings. The van der Waals surface area contributed by atoms with Crippen molar-refractivity contribution in [1.29, 1.82) is 0 Å². The minimum Gasteiger partial charge on any atom is -0.309 e. The van der Waals surface area contributed by atoms with E-state index in [1.165, 1.54) is 12.8 Å². The summed E-state index contributed by atoms with van der Waals surface area (Å²) < 4.78 is 0. The summed E-state index contributed by atoms with van der Waals surface area (Å²) in [5.74, 6) is 2.91. The van der Waals surface area contributed by atoms with E-state index in [2.05, 4.69) is 36.9 Å². The minimum atomic E-state index is 0.294. The molecule has 1 saturated heterocycles. The second-order valence-corrected chi connectivity index (χ2v) is 4.48. The second-order valence-electron chi connectivity index (χ2n) is 4.48. The van der Waals surface area contributed by atoms with E-state index in [4.69, 9.17) is 6.42 Å². The second kappa shape index (κ2) is 5.53. The Bertz CT molecular complexity index is 225. The van der Waals surface area contributed by atoms with Crippen LogP contribution in [-0.2, 0) is 0 Å². The quantitative estimate of drug-likeness (QED) is 0.710. The number of hydrogen-bond acceptors (Lipinski definition) is 2. The van der Waals surface area contributed by atoms with E-state index in [1.807, 2.05) is 0 Å². The zero-order valence-corrected chi connectivity index (χ0v) is 10.3. The van der Waals surface area contributed by atoms with Crippen molar-refractivity contribution in [2.24, 2.45) is 0 Å². The highest BCUT2D eigenvalue weighted by atomic mass is 15.2. The van der Waals surface area contributed by atoms with Crippen molar-refractivity contribution in [3.8, 4) is 12.3 Å². The molecule has 2 nitrogen and oxygen atoms in total. The fourth-order valence-electron chi connectivity index (χ4n) is 2.46. The summed E-state index contributed by atoms with van der Waals surface area (Å²) >= 11 is 0. The third-order valence-corrected chi connectivity index (χ3v) is 3.78. The van der Waals surface area contributed by atoms with Crippen LogP contribution in [0, 0.1) is 12.3 Å². The van der Waals surface area contributed by atoms with Crippen LogP contribution in [0.1, 0.15) is 40.0 Å². The van der Waals surface area contributed by atoms with E-state index in [1.54, 1.807) is 0 Å². The topological polar surface area (TPSA) is 15.3 Å². The molecule has 0 bridgehead atoms. The maximum absolute atomic E-state index is 5.57. The Morgan fingerprint density at radius 3 is 2.53 bits per heavy atom. The Balaban J connectivity index is 2.66. The Morgan fingerprint density at radius 1 is 1.40 bits per heavy atom. The summed E-state index contributed by atoms with van der Waals surface area (Å²) in [5, 5.41) is 3.65. The largest absolute Gasteiger partial charge is 0.309 e. The van der Waals surface area contributed by atoms with Gasteiger partial charge in [0, 0.05) is 25.2 Å². The van der Waals surface area contributed by atoms with Crippen LogP contribution in [0.4, 0.5) is 0 Å². The van der Waals surface area contributed by atoms with Crippen molar-refractivity contribution in [2.45, 2.75) is 51.6 Å². The highest BCUT2D eigenvalue weighted by Crippen LogP contribution is 2.21. The van der Waals surface area contributed by atoms with Crippen LogP contribution in [0.15, 0.2) is 0 Å². The van der Waals surface area contributed by atoms with Gasteiger partial charge in [0.1, 0.15) is 0 Å². The summed E-state index contributed by atoms with van der Waals surface area (Å²) in [6.07, 6.45) is 8.99. The molecule has 0 saturated carbocycles. The van der Waals surface area contributed by atoms with Gasteiger partial charge in [-0.25, -0.2) is 0 Å². The monoisotopic (exact) mass is 208 g/mol. The van der Waals surface area contributed by atoms with Gasteiger partial charge in [0.25, 0.3) is 0 Å². The number of piperazine rings is 1. The first-order valence-electron chi connectivity index (χ1n) is 6.16. The van der Waals surface area contributed by atoms with Crippen molar-refractivity contribution >= 4 is 0 Å². The molecule has 1 aliphatic rings. The lowest BCUT2D eigenvalue weighted by atomic mass is 9.89. The molecule has 0 radical (unpaired) electrons. The SMILES string of the molecule is C#CC(CC)N1CCNC(CC)(CC)C1. The zero-order valence-electron chi connectivity index (χ0n) is 10.3. The van der Waals surface area contributed by atoms with E-state index in [-0.39, 0.29) is 0 Å². The van der Waals surface area contributed by atoms with Gasteiger partial charge in [-0.3, -0.25) is 4.90 Å². The van der Waals surface area contributed by atoms with E-state index < -0.39 is 0 Å². The molecule has 0 spiro atoms. The Morgan fingerprint density at radius 2 is 2.07 bits per heavy atom. The van der Waals surface area contributed by atoms with Crippen LogP contribution in [-0.4, -0.2) is 36.1 Å². The number of terminal acetylenes is 1. The van der Waals surface area contributed by atoms with Gasteiger partial charge in [-0.1, -0.05) is 26.7 Å². The summed E-state index contributed by atoms with van der Waals surface area (Å²) in [6.45, 7) is 9.95. The lowest BCUT2D eigenvalue weighted by Crippen LogP contribution is -2.61. The van der Waals surface area contributed by atoms with Crippen LogP contribution in [0.3, 0.4) is 0 Å². The summed E-state index contributed by atoms with van der Waals surface area (Å²) in [4.78, 5) is 2.46. The van der Waals surface area contributed by atoms with Crippen LogP contribution >= 0.6 is 0 Å². The Labute approximate surface area is 94.4 Å². The van der Waals surface area contributed by atoms with Crippen LogP contribution in [0.25, 0.3) is 0 Å². The van der Waals surface area contributed by atoms with E-state index in [0.29, 0.717) is 11.6 Å². The van der Waals surface area contributed by atoms with Gasteiger partial charge in [-0.15, -0.1) is 6.42 Å². The van der Waals surface area contributed by atoms with Gasteiger partial charge >= 0.3 is 0 Å². The van der Waals surface area contributed by atoms with Gasteiger partial charge in [0.05, 0.1) is 6.04 Å². The fraction of sp³-hybridized carbons (Fsp3) is 0.846. The number of nitrogens with zero attached hydrogens (tertiary/aromatic N) is 1. The standard InChI is InChI=1S/C13H24N2/c1-5-12(6-2)15-10-9-14-13(7-3,8-4)11-15/h1,12,14H,6-11H2,2-4H3. The normalized spacial score (nSPS) is 23.3. The van der Waals surface area contributed by atoms with E-state index in [9.17, 15) is 0 Å². The molecule has 1 rings (SSSR count). The predicted octanol–water partition coefficient (Wildman–Crippen LogP) is 1.86. The van der Waals surface area contributed by atoms with Gasteiger partial charge in [0.2, 0.25) is 0 Å². The van der Waals surface area contributed by atoms with E-state index >= 15 is 0 Å². The molecule has 86 valence electrons. The lowest BCUT2D eigenvalue weighted by molar-refractivity contribution is 0.103. The van der Waals surface area contributed by atoms with Crippen molar-refractivity contribution in [3.05, 3.63) is 0 Å². The first kappa shape index (κ1) is 12.5. The maximum atomic E-state index is 5.57. The Hall–Kier alpha value is -0.520. The van der Waals surface area contributed by atoms with Crippen molar-refractivity contribution < 1.29 is 0 Å². The zero-order chi connectivity index (χ0) is 11.3. The summed E-state index contributed by atoms with van der Waals surface area (Å²) in [5.41, 5.74) is 0.294. The summed E-state index contributed by atoms with van der Waals surface area (Å²) in [6, 6.07) is 0.324. The number of nitrogens with one attached hydrogen (secondary N) is 1. The molecule has 1 aliphatic heterocycles. The van der Waals surface area contributed by atoms with Crippen molar-refractivity contribution in [1.82, 2.24) is 10.2 Å². The predicted molar refractivity (Wildman–Crippen MR) is 65.8 cm³/mol. The molecule has 1 unspecified atom stereocenters. The van der Waals surface area contributed by atoms with Crippen molar-refractivity contribution in [3.63, 3.8) is 0 Å². The molecule has 1 heterocycles. The maximum Gasteiger partial charge on any atom is 0.0710 e. The average molecular weight is 208 g/mol. The third kappa shape index (κ3) is 2.74. The highest BCUT2D eigenvalue weighted by molar-refractivity contribution is 5.03. The molecule has 2 heteroatoms. The highest BCUT2D eigenvalue weighted by Gasteiger charge is 2.33. The number of hydrogen-bond donors (Lipinski definition) is 1. The van der Waals surface area contributed by atoms with Gasteiger partial charge in [-0.05, 0) is 19.3 Å². The molecule has 0 amide bonds. The molecule has 0 aliphatic carbocycles. The minimum absolute atomic E-state index is 0.294. The van der Waals surface area contributed by atoms with Crippen molar-refractivity contribution in [2.75, 3.05) is 19.6 Å². The lowest BCUT2D eigenvalue weighted by Gasteiger charge is -2.44. The van der Waals surface area contributed by atoms with Gasteiger partial charge < -0.3 is 5.32 Å². The molecular formula is C13H24N2. The van der Waals surface area contributed by atoms with Crippen LogP contribution < -0.4 is 5.32 Å². The molecule has 0 aromatic carbocycles. The third-order valence-electron chi connectivity index (χ3n) is 3.78. The molecule has 15 heavy (non-hydrogen) atoms. The first-order valence-corrected chi connectivity index (χ1v) is 6.16. The van der Waals surface area contributed by atoms with Gasteiger partial charge in [0.15, 0.2) is 0 Å². The molecular weight excluding hydrogens is 184 g/mol. The smallest absolute Gasteiger partial charge is 0.0710 e. The summed E-state index contributed by atoms with van der Waals surface area (Å²) in [7, 11) is 0. The molecule has 1 N–H and O–H groups in total. The fourth-order valence-corrected chi connectivity index (χ4v) is 2.46. The van der Waals surface area contributed by atoms with Crippen LogP contribution in [0.5, 0.6) is 0 Å². The van der Waals surface area contributed by atoms with E-state index in [0.717, 1.165) is 26.1 Å².